The minimum absolute atomic E-state index is 0.0240. The second kappa shape index (κ2) is 11.1. The van der Waals surface area contributed by atoms with E-state index in [1.54, 1.807) is 14.2 Å². The van der Waals surface area contributed by atoms with Gasteiger partial charge < -0.3 is 24.7 Å². The summed E-state index contributed by atoms with van der Waals surface area (Å²) >= 11 is 0. The van der Waals surface area contributed by atoms with Gasteiger partial charge in [-0.05, 0) is 38.8 Å². The fourth-order valence-corrected chi connectivity index (χ4v) is 2.69. The number of hydrogen-bond acceptors (Lipinski definition) is 4. The van der Waals surface area contributed by atoms with Crippen LogP contribution in [0.25, 0.3) is 0 Å². The number of unbranched alkanes of at least 4 members (excludes halogenated alkanes) is 1. The first-order valence-corrected chi connectivity index (χ1v) is 9.36. The van der Waals surface area contributed by atoms with E-state index in [2.05, 4.69) is 25.2 Å². The summed E-state index contributed by atoms with van der Waals surface area (Å²) in [5.41, 5.74) is 0. The van der Waals surface area contributed by atoms with Gasteiger partial charge in [-0.2, -0.15) is 0 Å². The maximum Gasteiger partial charge on any atom is 0.191 e. The molecule has 0 aliphatic rings. The molecule has 0 bridgehead atoms. The van der Waals surface area contributed by atoms with Crippen LogP contribution in [0.3, 0.4) is 0 Å². The molecule has 27 heavy (non-hydrogen) atoms. The summed E-state index contributed by atoms with van der Waals surface area (Å²) in [6.07, 6.45) is 5.99. The van der Waals surface area contributed by atoms with E-state index in [9.17, 15) is 0 Å². The third-order valence-corrected chi connectivity index (χ3v) is 4.22. The molecule has 0 aliphatic carbocycles. The number of aliphatic imine (C=N–C) groups is 1. The molecule has 7 heteroatoms. The molecule has 0 saturated heterocycles. The minimum atomic E-state index is -0.0240. The molecule has 0 radical (unpaired) electrons. The number of para-hydroxylation sites is 2. The summed E-state index contributed by atoms with van der Waals surface area (Å²) in [5.74, 6) is 3.32. The molecule has 1 aromatic carbocycles. The number of ether oxygens (including phenoxy) is 2. The van der Waals surface area contributed by atoms with Crippen molar-refractivity contribution in [2.45, 2.75) is 39.3 Å². The van der Waals surface area contributed by atoms with E-state index in [0.29, 0.717) is 6.54 Å². The molecular formula is C20H31N5O2. The Hall–Kier alpha value is -2.70. The van der Waals surface area contributed by atoms with Gasteiger partial charge in [0, 0.05) is 32.5 Å². The van der Waals surface area contributed by atoms with Crippen LogP contribution in [0.4, 0.5) is 0 Å². The van der Waals surface area contributed by atoms with Gasteiger partial charge in [0.1, 0.15) is 11.9 Å². The maximum absolute atomic E-state index is 5.95. The Kier molecular flexibility index (Phi) is 8.48. The molecule has 2 rings (SSSR count). The zero-order valence-electron chi connectivity index (χ0n) is 16.7. The van der Waals surface area contributed by atoms with Gasteiger partial charge in [0.2, 0.25) is 0 Å². The highest BCUT2D eigenvalue weighted by Crippen LogP contribution is 2.26. The van der Waals surface area contributed by atoms with Crippen molar-refractivity contribution in [1.82, 2.24) is 20.2 Å². The van der Waals surface area contributed by atoms with Crippen LogP contribution in [0, 0.1) is 6.92 Å². The highest BCUT2D eigenvalue weighted by atomic mass is 16.5. The van der Waals surface area contributed by atoms with E-state index in [-0.39, 0.29) is 6.10 Å². The normalized spacial score (nSPS) is 12.5. The third kappa shape index (κ3) is 6.84. The fourth-order valence-electron chi connectivity index (χ4n) is 2.69. The van der Waals surface area contributed by atoms with Crippen molar-refractivity contribution in [1.29, 1.82) is 0 Å². The second-order valence-corrected chi connectivity index (χ2v) is 6.33. The Morgan fingerprint density at radius 3 is 2.67 bits per heavy atom. The van der Waals surface area contributed by atoms with Crippen LogP contribution in [0.5, 0.6) is 11.5 Å². The van der Waals surface area contributed by atoms with Crippen LogP contribution >= 0.6 is 0 Å². The van der Waals surface area contributed by atoms with E-state index in [0.717, 1.165) is 49.2 Å². The second-order valence-electron chi connectivity index (χ2n) is 6.33. The van der Waals surface area contributed by atoms with Gasteiger partial charge in [0.25, 0.3) is 0 Å². The molecule has 0 spiro atoms. The van der Waals surface area contributed by atoms with E-state index in [1.807, 2.05) is 50.5 Å². The topological polar surface area (TPSA) is 72.7 Å². The number of guanidine groups is 1. The van der Waals surface area contributed by atoms with Gasteiger partial charge in [0.15, 0.2) is 17.5 Å². The molecule has 1 atom stereocenters. The Morgan fingerprint density at radius 1 is 1.22 bits per heavy atom. The molecule has 1 heterocycles. The predicted molar refractivity (Wildman–Crippen MR) is 109 cm³/mol. The van der Waals surface area contributed by atoms with Gasteiger partial charge in [-0.1, -0.05) is 12.1 Å². The molecule has 7 nitrogen and oxygen atoms in total. The summed E-state index contributed by atoms with van der Waals surface area (Å²) in [5, 5.41) is 6.64. The van der Waals surface area contributed by atoms with Crippen LogP contribution in [0.2, 0.25) is 0 Å². The molecule has 0 saturated carbocycles. The third-order valence-electron chi connectivity index (χ3n) is 4.22. The Balaban J connectivity index is 1.65. The fraction of sp³-hybridized carbons (Fsp3) is 0.500. The van der Waals surface area contributed by atoms with Crippen molar-refractivity contribution >= 4 is 5.96 Å². The first-order valence-electron chi connectivity index (χ1n) is 9.36. The maximum atomic E-state index is 5.95. The number of aromatic nitrogens is 2. The number of imidazole rings is 1. The Labute approximate surface area is 161 Å². The zero-order chi connectivity index (χ0) is 19.5. The lowest BCUT2D eigenvalue weighted by Crippen LogP contribution is -2.42. The summed E-state index contributed by atoms with van der Waals surface area (Å²) in [6.45, 7) is 6.54. The highest BCUT2D eigenvalue weighted by Gasteiger charge is 2.09. The number of methoxy groups -OCH3 is 1. The monoisotopic (exact) mass is 373 g/mol. The Morgan fingerprint density at radius 2 is 2.00 bits per heavy atom. The van der Waals surface area contributed by atoms with Crippen LogP contribution < -0.4 is 20.1 Å². The van der Waals surface area contributed by atoms with Gasteiger partial charge in [0.05, 0.1) is 13.7 Å². The van der Waals surface area contributed by atoms with E-state index in [4.69, 9.17) is 9.47 Å². The minimum Gasteiger partial charge on any atom is -0.493 e. The molecule has 148 valence electrons. The average molecular weight is 374 g/mol. The lowest BCUT2D eigenvalue weighted by atomic mass is 10.3. The van der Waals surface area contributed by atoms with Crippen molar-refractivity contribution in [3.63, 3.8) is 0 Å². The molecule has 1 unspecified atom stereocenters. The molecule has 0 aliphatic heterocycles. The summed E-state index contributed by atoms with van der Waals surface area (Å²) in [4.78, 5) is 8.50. The molecule has 2 aromatic rings. The largest absolute Gasteiger partial charge is 0.493 e. The SMILES string of the molecule is CN=C(NCCCCn1ccnc1C)NCC(C)Oc1ccccc1OC. The van der Waals surface area contributed by atoms with Gasteiger partial charge >= 0.3 is 0 Å². The molecule has 0 amide bonds. The quantitative estimate of drug-likeness (QED) is 0.380. The summed E-state index contributed by atoms with van der Waals surface area (Å²) in [6, 6.07) is 7.66. The van der Waals surface area contributed by atoms with Gasteiger partial charge in [-0.25, -0.2) is 4.98 Å². The lowest BCUT2D eigenvalue weighted by Gasteiger charge is -2.19. The van der Waals surface area contributed by atoms with Crippen molar-refractivity contribution in [2.24, 2.45) is 4.99 Å². The number of nitrogens with zero attached hydrogens (tertiary/aromatic N) is 3. The smallest absolute Gasteiger partial charge is 0.191 e. The van der Waals surface area contributed by atoms with Crippen molar-refractivity contribution < 1.29 is 9.47 Å². The molecule has 2 N–H and O–H groups in total. The number of hydrogen-bond donors (Lipinski definition) is 2. The van der Waals surface area contributed by atoms with Crippen molar-refractivity contribution in [3.05, 3.63) is 42.5 Å². The van der Waals surface area contributed by atoms with Crippen LogP contribution in [0.15, 0.2) is 41.7 Å². The summed E-state index contributed by atoms with van der Waals surface area (Å²) in [7, 11) is 3.42. The zero-order valence-corrected chi connectivity index (χ0v) is 16.7. The van der Waals surface area contributed by atoms with E-state index in [1.165, 1.54) is 0 Å². The number of aryl methyl sites for hydroxylation is 2. The highest BCUT2D eigenvalue weighted by molar-refractivity contribution is 5.79. The van der Waals surface area contributed by atoms with Crippen molar-refractivity contribution in [2.75, 3.05) is 27.2 Å². The van der Waals surface area contributed by atoms with Crippen LogP contribution in [-0.2, 0) is 6.54 Å². The molecule has 1 aromatic heterocycles. The first-order chi connectivity index (χ1) is 13.1. The standard InChI is InChI=1S/C20H31N5O2/c1-16(27-19-10-6-5-9-18(19)26-4)15-24-20(21-3)23-11-7-8-13-25-14-12-22-17(25)2/h5-6,9-10,12,14,16H,7-8,11,13,15H2,1-4H3,(H2,21,23,24). The first kappa shape index (κ1) is 20.6. The predicted octanol–water partition coefficient (Wildman–Crippen LogP) is 2.61. The Bertz CT molecular complexity index is 714. The van der Waals surface area contributed by atoms with E-state index < -0.39 is 0 Å². The number of benzene rings is 1. The number of rotatable bonds is 10. The van der Waals surface area contributed by atoms with Crippen LogP contribution in [0.1, 0.15) is 25.6 Å². The van der Waals surface area contributed by atoms with Gasteiger partial charge in [-0.3, -0.25) is 4.99 Å². The number of nitrogens with one attached hydrogen (secondary N) is 2. The van der Waals surface area contributed by atoms with Gasteiger partial charge in [-0.15, -0.1) is 0 Å². The van der Waals surface area contributed by atoms with Crippen molar-refractivity contribution in [3.8, 4) is 11.5 Å². The summed E-state index contributed by atoms with van der Waals surface area (Å²) < 4.78 is 13.4. The molecule has 0 fully saturated rings. The lowest BCUT2D eigenvalue weighted by molar-refractivity contribution is 0.213. The van der Waals surface area contributed by atoms with Crippen LogP contribution in [-0.4, -0.2) is 48.9 Å². The average Bonchev–Trinajstić information content (AvgIpc) is 3.09. The van der Waals surface area contributed by atoms with E-state index >= 15 is 0 Å². The molecular weight excluding hydrogens is 342 g/mol.